The molecule has 0 saturated carbocycles. The van der Waals surface area contributed by atoms with Crippen LogP contribution >= 0.6 is 11.8 Å². The third kappa shape index (κ3) is 6.37. The predicted molar refractivity (Wildman–Crippen MR) is 122 cm³/mol. The van der Waals surface area contributed by atoms with Gasteiger partial charge < -0.3 is 24.1 Å². The van der Waals surface area contributed by atoms with E-state index < -0.39 is 12.7 Å². The lowest BCUT2D eigenvalue weighted by Gasteiger charge is -2.15. The number of carbonyl (C=O) groups excluding carboxylic acids is 1. The number of methoxy groups -OCH3 is 3. The maximum absolute atomic E-state index is 13.2. The van der Waals surface area contributed by atoms with E-state index in [4.69, 9.17) is 14.2 Å². The Hall–Kier alpha value is -3.34. The molecule has 1 amide bonds. The van der Waals surface area contributed by atoms with Gasteiger partial charge in [-0.15, -0.1) is 0 Å². The first-order valence-electron chi connectivity index (χ1n) is 10.1. The molecule has 2 aromatic carbocycles. The molecule has 0 fully saturated rings. The van der Waals surface area contributed by atoms with E-state index in [1.165, 1.54) is 27.5 Å². The van der Waals surface area contributed by atoms with Crippen LogP contribution in [0.15, 0.2) is 53.8 Å². The lowest BCUT2D eigenvalue weighted by atomic mass is 10.1. The molecule has 3 rings (SSSR count). The Morgan fingerprint density at radius 3 is 2.29 bits per heavy atom. The molecule has 0 unspecified atom stereocenters. The fraction of sp³-hybridized carbons (Fsp3) is 0.304. The van der Waals surface area contributed by atoms with Crippen LogP contribution in [-0.2, 0) is 17.9 Å². The molecule has 0 aliphatic heterocycles. The molecule has 7 nitrogen and oxygen atoms in total. The maximum Gasteiger partial charge on any atom is 0.406 e. The molecule has 182 valence electrons. The van der Waals surface area contributed by atoms with Crippen LogP contribution in [0.4, 0.5) is 13.2 Å². The second-order valence-electron chi connectivity index (χ2n) is 7.08. The van der Waals surface area contributed by atoms with Crippen molar-refractivity contribution in [2.75, 3.05) is 27.1 Å². The van der Waals surface area contributed by atoms with E-state index in [0.29, 0.717) is 34.1 Å². The Morgan fingerprint density at radius 1 is 1.03 bits per heavy atom. The summed E-state index contributed by atoms with van der Waals surface area (Å²) in [6.45, 7) is -1.07. The number of nitrogens with one attached hydrogen (secondary N) is 1. The van der Waals surface area contributed by atoms with E-state index in [1.807, 2.05) is 0 Å². The Balaban J connectivity index is 1.70. The second-order valence-corrected chi connectivity index (χ2v) is 8.02. The fourth-order valence-electron chi connectivity index (χ4n) is 3.25. The van der Waals surface area contributed by atoms with E-state index in [9.17, 15) is 18.0 Å². The highest BCUT2D eigenvalue weighted by Gasteiger charge is 2.31. The van der Waals surface area contributed by atoms with Crippen LogP contribution in [0.3, 0.4) is 0 Å². The lowest BCUT2D eigenvalue weighted by Crippen LogP contribution is -2.25. The molecule has 0 bridgehead atoms. The minimum absolute atomic E-state index is 0.107. The van der Waals surface area contributed by atoms with Gasteiger partial charge in [-0.05, 0) is 11.6 Å². The summed E-state index contributed by atoms with van der Waals surface area (Å²) in [5.41, 5.74) is 1.59. The molecule has 0 atom stereocenters. The van der Waals surface area contributed by atoms with Gasteiger partial charge >= 0.3 is 6.18 Å². The van der Waals surface area contributed by atoms with Crippen LogP contribution in [0.2, 0.25) is 0 Å². The highest BCUT2D eigenvalue weighted by Crippen LogP contribution is 2.34. The zero-order valence-corrected chi connectivity index (χ0v) is 19.6. The number of hydrogen-bond donors (Lipinski definition) is 1. The first-order valence-corrected chi connectivity index (χ1v) is 11.1. The molecular weight excluding hydrogens is 471 g/mol. The Morgan fingerprint density at radius 2 is 1.68 bits per heavy atom. The Kier molecular flexibility index (Phi) is 8.32. The molecule has 1 aromatic heterocycles. The number of aromatic nitrogens is 2. The number of ether oxygens (including phenoxy) is 3. The van der Waals surface area contributed by atoms with Gasteiger partial charge in [0.05, 0.1) is 39.0 Å². The van der Waals surface area contributed by atoms with Gasteiger partial charge in [0.25, 0.3) is 0 Å². The summed E-state index contributed by atoms with van der Waals surface area (Å²) >= 11 is 0.934. The van der Waals surface area contributed by atoms with Gasteiger partial charge in [-0.1, -0.05) is 42.1 Å². The van der Waals surface area contributed by atoms with Crippen molar-refractivity contribution in [3.63, 3.8) is 0 Å². The van der Waals surface area contributed by atoms with Crippen LogP contribution in [0.5, 0.6) is 17.2 Å². The zero-order valence-electron chi connectivity index (χ0n) is 18.8. The van der Waals surface area contributed by atoms with Gasteiger partial charge in [0.2, 0.25) is 5.91 Å². The topological polar surface area (TPSA) is 74.6 Å². The number of thioether (sulfide) groups is 1. The van der Waals surface area contributed by atoms with Crippen LogP contribution in [-0.4, -0.2) is 48.7 Å². The molecular formula is C23H24F3N3O4S. The highest BCUT2D eigenvalue weighted by atomic mass is 32.2. The molecule has 0 aliphatic rings. The van der Waals surface area contributed by atoms with E-state index in [2.05, 4.69) is 10.3 Å². The third-order valence-electron chi connectivity index (χ3n) is 4.82. The number of rotatable bonds is 10. The standard InChI is InChI=1S/C23H24F3N3O4S/c1-31-18-10-20(33-3)19(32-2)9-16(18)11-27-21(30)13-34-22-28-12-17(15-7-5-4-6-8-15)29(22)14-23(24,25)26/h4-10,12H,11,13-14H2,1-3H3,(H,27,30). The zero-order chi connectivity index (χ0) is 24.7. The van der Waals surface area contributed by atoms with Crippen molar-refractivity contribution >= 4 is 17.7 Å². The highest BCUT2D eigenvalue weighted by molar-refractivity contribution is 7.99. The van der Waals surface area contributed by atoms with Gasteiger partial charge in [-0.2, -0.15) is 13.2 Å². The van der Waals surface area contributed by atoms with Crippen LogP contribution in [0.1, 0.15) is 5.56 Å². The molecule has 0 saturated heterocycles. The van der Waals surface area contributed by atoms with Crippen molar-refractivity contribution in [2.45, 2.75) is 24.4 Å². The van der Waals surface area contributed by atoms with E-state index in [-0.39, 0.29) is 23.4 Å². The molecule has 0 spiro atoms. The summed E-state index contributed by atoms with van der Waals surface area (Å²) < 4.78 is 56.6. The minimum atomic E-state index is -4.44. The number of nitrogens with zero attached hydrogens (tertiary/aromatic N) is 2. The Bertz CT molecular complexity index is 1120. The summed E-state index contributed by atoms with van der Waals surface area (Å²) in [6, 6.07) is 12.0. The van der Waals surface area contributed by atoms with Crippen molar-refractivity contribution in [1.29, 1.82) is 0 Å². The van der Waals surface area contributed by atoms with Gasteiger partial charge in [0.1, 0.15) is 12.3 Å². The summed E-state index contributed by atoms with van der Waals surface area (Å²) in [7, 11) is 4.49. The second kappa shape index (κ2) is 11.2. The largest absolute Gasteiger partial charge is 0.496 e. The van der Waals surface area contributed by atoms with E-state index in [0.717, 1.165) is 16.3 Å². The number of halogens is 3. The van der Waals surface area contributed by atoms with Crippen molar-refractivity contribution in [3.8, 4) is 28.5 Å². The van der Waals surface area contributed by atoms with Gasteiger partial charge in [0.15, 0.2) is 16.7 Å². The molecule has 0 aliphatic carbocycles. The van der Waals surface area contributed by atoms with Crippen LogP contribution < -0.4 is 19.5 Å². The van der Waals surface area contributed by atoms with Gasteiger partial charge in [0, 0.05) is 18.2 Å². The van der Waals surface area contributed by atoms with Gasteiger partial charge in [-0.25, -0.2) is 4.98 Å². The summed E-state index contributed by atoms with van der Waals surface area (Å²) in [4.78, 5) is 16.6. The molecule has 1 N–H and O–H groups in total. The number of hydrogen-bond acceptors (Lipinski definition) is 6. The first kappa shape index (κ1) is 25.3. The predicted octanol–water partition coefficient (Wildman–Crippen LogP) is 4.55. The monoisotopic (exact) mass is 495 g/mol. The average molecular weight is 496 g/mol. The quantitative estimate of drug-likeness (QED) is 0.416. The molecule has 0 radical (unpaired) electrons. The molecule has 1 heterocycles. The van der Waals surface area contributed by atoms with Gasteiger partial charge in [-0.3, -0.25) is 4.79 Å². The Labute approximate surface area is 199 Å². The molecule has 3 aromatic rings. The summed E-state index contributed by atoms with van der Waals surface area (Å²) in [6.07, 6.45) is -3.05. The smallest absolute Gasteiger partial charge is 0.406 e. The molecule has 11 heteroatoms. The van der Waals surface area contributed by atoms with E-state index in [1.54, 1.807) is 42.5 Å². The van der Waals surface area contributed by atoms with Crippen molar-refractivity contribution in [3.05, 3.63) is 54.2 Å². The first-order chi connectivity index (χ1) is 16.3. The minimum Gasteiger partial charge on any atom is -0.496 e. The van der Waals surface area contributed by atoms with E-state index >= 15 is 0 Å². The number of benzene rings is 2. The number of imidazole rings is 1. The maximum atomic E-state index is 13.2. The third-order valence-corrected chi connectivity index (χ3v) is 5.81. The number of amides is 1. The SMILES string of the molecule is COc1cc(OC)c(OC)cc1CNC(=O)CSc1ncc(-c2ccccc2)n1CC(F)(F)F. The fourth-order valence-corrected chi connectivity index (χ4v) is 4.06. The van der Waals surface area contributed by atoms with Crippen LogP contribution in [0, 0.1) is 0 Å². The van der Waals surface area contributed by atoms with Crippen molar-refractivity contribution < 1.29 is 32.2 Å². The normalized spacial score (nSPS) is 11.2. The number of alkyl halides is 3. The number of carbonyl (C=O) groups is 1. The van der Waals surface area contributed by atoms with Crippen molar-refractivity contribution in [2.24, 2.45) is 0 Å². The average Bonchev–Trinajstić information content (AvgIpc) is 3.21. The van der Waals surface area contributed by atoms with Crippen LogP contribution in [0.25, 0.3) is 11.3 Å². The van der Waals surface area contributed by atoms with Crippen molar-refractivity contribution in [1.82, 2.24) is 14.9 Å². The summed E-state index contributed by atoms with van der Waals surface area (Å²) in [5.74, 6) is 0.974. The summed E-state index contributed by atoms with van der Waals surface area (Å²) in [5, 5.41) is 2.85. The lowest BCUT2D eigenvalue weighted by molar-refractivity contribution is -0.141. The molecule has 34 heavy (non-hydrogen) atoms.